The molecule has 1 aromatic carbocycles. The summed E-state index contributed by atoms with van der Waals surface area (Å²) in [5, 5.41) is 9.27. The predicted octanol–water partition coefficient (Wildman–Crippen LogP) is 0.778. The highest BCUT2D eigenvalue weighted by Gasteiger charge is 2.21. The lowest BCUT2D eigenvalue weighted by Crippen LogP contribution is -2.49. The molecule has 0 saturated carbocycles. The minimum Gasteiger partial charge on any atom is -0.508 e. The monoisotopic (exact) mass is 263 g/mol. The lowest BCUT2D eigenvalue weighted by Gasteiger charge is -2.36. The molecule has 2 rings (SSSR count). The summed E-state index contributed by atoms with van der Waals surface area (Å²) in [4.78, 5) is 16.0. The molecule has 1 aliphatic rings. The summed E-state index contributed by atoms with van der Waals surface area (Å²) >= 11 is 0. The first-order valence-electron chi connectivity index (χ1n) is 6.63. The summed E-state index contributed by atoms with van der Waals surface area (Å²) in [7, 11) is 0. The predicted molar refractivity (Wildman–Crippen MR) is 75.2 cm³/mol. The van der Waals surface area contributed by atoms with Crippen LogP contribution in [0.4, 0.5) is 5.69 Å². The van der Waals surface area contributed by atoms with Crippen molar-refractivity contribution in [1.82, 2.24) is 4.90 Å². The van der Waals surface area contributed by atoms with Gasteiger partial charge in [-0.1, -0.05) is 0 Å². The second-order valence-electron chi connectivity index (χ2n) is 5.07. The first kappa shape index (κ1) is 13.7. The summed E-state index contributed by atoms with van der Waals surface area (Å²) in [5.41, 5.74) is 6.73. The molecule has 0 aliphatic carbocycles. The number of nitrogens with zero attached hydrogens (tertiary/aromatic N) is 2. The van der Waals surface area contributed by atoms with Crippen LogP contribution in [-0.2, 0) is 4.79 Å². The Hall–Kier alpha value is -1.75. The van der Waals surface area contributed by atoms with Gasteiger partial charge in [-0.2, -0.15) is 0 Å². The van der Waals surface area contributed by atoms with Crippen LogP contribution in [0.5, 0.6) is 5.75 Å². The Morgan fingerprint density at radius 3 is 2.37 bits per heavy atom. The molecule has 3 N–H and O–H groups in total. The van der Waals surface area contributed by atoms with E-state index in [1.165, 1.54) is 0 Å². The molecule has 1 amide bonds. The Bertz CT molecular complexity index is 423. The maximum absolute atomic E-state index is 11.9. The van der Waals surface area contributed by atoms with Gasteiger partial charge in [0, 0.05) is 44.3 Å². The molecule has 0 spiro atoms. The summed E-state index contributed by atoms with van der Waals surface area (Å²) in [6.45, 7) is 4.94. The van der Waals surface area contributed by atoms with Gasteiger partial charge in [0.2, 0.25) is 5.91 Å². The van der Waals surface area contributed by atoms with Crippen LogP contribution in [0.3, 0.4) is 0 Å². The molecule has 1 unspecified atom stereocenters. The van der Waals surface area contributed by atoms with E-state index in [0.29, 0.717) is 6.42 Å². The fourth-order valence-corrected chi connectivity index (χ4v) is 2.28. The van der Waals surface area contributed by atoms with Crippen LogP contribution in [0, 0.1) is 0 Å². The third-order valence-electron chi connectivity index (χ3n) is 3.34. The molecule has 1 heterocycles. The van der Waals surface area contributed by atoms with Crippen molar-refractivity contribution in [1.29, 1.82) is 0 Å². The van der Waals surface area contributed by atoms with E-state index in [9.17, 15) is 9.90 Å². The van der Waals surface area contributed by atoms with Crippen LogP contribution in [0.15, 0.2) is 24.3 Å². The van der Waals surface area contributed by atoms with Crippen molar-refractivity contribution in [2.75, 3.05) is 31.1 Å². The van der Waals surface area contributed by atoms with Crippen molar-refractivity contribution in [2.24, 2.45) is 5.73 Å². The Labute approximate surface area is 113 Å². The van der Waals surface area contributed by atoms with Gasteiger partial charge in [0.05, 0.1) is 0 Å². The van der Waals surface area contributed by atoms with Gasteiger partial charge in [-0.15, -0.1) is 0 Å². The molecule has 1 fully saturated rings. The minimum atomic E-state index is -0.0809. The lowest BCUT2D eigenvalue weighted by atomic mass is 10.2. The highest BCUT2D eigenvalue weighted by Crippen LogP contribution is 2.19. The molecule has 1 atom stereocenters. The van der Waals surface area contributed by atoms with Crippen molar-refractivity contribution in [3.63, 3.8) is 0 Å². The fourth-order valence-electron chi connectivity index (χ4n) is 2.28. The standard InChI is InChI=1S/C14H21N3O2/c1-11(15)10-14(19)17-8-6-16(7-9-17)12-2-4-13(18)5-3-12/h2-5,11,18H,6-10,15H2,1H3. The number of nitrogens with two attached hydrogens (primary N) is 1. The zero-order chi connectivity index (χ0) is 13.8. The van der Waals surface area contributed by atoms with Crippen LogP contribution in [-0.4, -0.2) is 48.1 Å². The van der Waals surface area contributed by atoms with E-state index in [1.807, 2.05) is 24.0 Å². The number of aromatic hydroxyl groups is 1. The SMILES string of the molecule is CC(N)CC(=O)N1CCN(c2ccc(O)cc2)CC1. The molecule has 1 saturated heterocycles. The third kappa shape index (κ3) is 3.61. The van der Waals surface area contributed by atoms with Gasteiger partial charge in [0.1, 0.15) is 5.75 Å². The van der Waals surface area contributed by atoms with E-state index in [4.69, 9.17) is 5.73 Å². The molecule has 1 aromatic rings. The summed E-state index contributed by atoms with van der Waals surface area (Å²) in [6.07, 6.45) is 0.416. The van der Waals surface area contributed by atoms with E-state index in [2.05, 4.69) is 4.90 Å². The number of benzene rings is 1. The van der Waals surface area contributed by atoms with Crippen LogP contribution in [0.25, 0.3) is 0 Å². The summed E-state index contributed by atoms with van der Waals surface area (Å²) < 4.78 is 0. The second-order valence-corrected chi connectivity index (χ2v) is 5.07. The number of carbonyl (C=O) groups excluding carboxylic acids is 1. The number of phenols is 1. The quantitative estimate of drug-likeness (QED) is 0.845. The molecule has 0 radical (unpaired) electrons. The van der Waals surface area contributed by atoms with Crippen LogP contribution >= 0.6 is 0 Å². The number of piperazine rings is 1. The number of anilines is 1. The van der Waals surface area contributed by atoms with E-state index >= 15 is 0 Å². The lowest BCUT2D eigenvalue weighted by molar-refractivity contribution is -0.131. The first-order valence-corrected chi connectivity index (χ1v) is 6.63. The van der Waals surface area contributed by atoms with Gasteiger partial charge in [-0.25, -0.2) is 0 Å². The third-order valence-corrected chi connectivity index (χ3v) is 3.34. The van der Waals surface area contributed by atoms with Crippen molar-refractivity contribution < 1.29 is 9.90 Å². The van der Waals surface area contributed by atoms with Gasteiger partial charge in [-0.05, 0) is 31.2 Å². The maximum Gasteiger partial charge on any atom is 0.224 e. The number of phenolic OH excluding ortho intramolecular Hbond substituents is 1. The fraction of sp³-hybridized carbons (Fsp3) is 0.500. The average molecular weight is 263 g/mol. The van der Waals surface area contributed by atoms with Crippen LogP contribution in [0.2, 0.25) is 0 Å². The number of rotatable bonds is 3. The van der Waals surface area contributed by atoms with Gasteiger partial charge >= 0.3 is 0 Å². The molecule has 5 heteroatoms. The number of hydrogen-bond donors (Lipinski definition) is 2. The molecule has 0 bridgehead atoms. The topological polar surface area (TPSA) is 69.8 Å². The summed E-state index contributed by atoms with van der Waals surface area (Å²) in [5.74, 6) is 0.412. The van der Waals surface area contributed by atoms with E-state index < -0.39 is 0 Å². The Morgan fingerprint density at radius 2 is 1.84 bits per heavy atom. The van der Waals surface area contributed by atoms with Gasteiger partial charge < -0.3 is 20.6 Å². The van der Waals surface area contributed by atoms with Crippen molar-refractivity contribution >= 4 is 11.6 Å². The van der Waals surface area contributed by atoms with Gasteiger partial charge in [0.15, 0.2) is 0 Å². The molecular formula is C14H21N3O2. The largest absolute Gasteiger partial charge is 0.508 e. The Kier molecular flexibility index (Phi) is 4.27. The molecule has 5 nitrogen and oxygen atoms in total. The first-order chi connectivity index (χ1) is 9.06. The number of carbonyl (C=O) groups is 1. The van der Waals surface area contributed by atoms with Gasteiger partial charge in [-0.3, -0.25) is 4.79 Å². The van der Waals surface area contributed by atoms with Crippen molar-refractivity contribution in [3.05, 3.63) is 24.3 Å². The zero-order valence-corrected chi connectivity index (χ0v) is 11.2. The highest BCUT2D eigenvalue weighted by atomic mass is 16.3. The molecule has 19 heavy (non-hydrogen) atoms. The van der Waals surface area contributed by atoms with Crippen LogP contribution in [0.1, 0.15) is 13.3 Å². The normalized spacial score (nSPS) is 17.4. The minimum absolute atomic E-state index is 0.0809. The van der Waals surface area contributed by atoms with E-state index in [-0.39, 0.29) is 17.7 Å². The Balaban J connectivity index is 1.88. The molecule has 0 aromatic heterocycles. The maximum atomic E-state index is 11.9. The number of hydrogen-bond acceptors (Lipinski definition) is 4. The Morgan fingerprint density at radius 1 is 1.26 bits per heavy atom. The van der Waals surface area contributed by atoms with Crippen LogP contribution < -0.4 is 10.6 Å². The van der Waals surface area contributed by atoms with Crippen molar-refractivity contribution in [2.45, 2.75) is 19.4 Å². The number of amides is 1. The van der Waals surface area contributed by atoms with E-state index in [1.54, 1.807) is 12.1 Å². The van der Waals surface area contributed by atoms with Crippen molar-refractivity contribution in [3.8, 4) is 5.75 Å². The zero-order valence-electron chi connectivity index (χ0n) is 11.2. The molecule has 1 aliphatic heterocycles. The average Bonchev–Trinajstić information content (AvgIpc) is 2.39. The summed E-state index contributed by atoms with van der Waals surface area (Å²) in [6, 6.07) is 7.08. The molecule has 104 valence electrons. The molecular weight excluding hydrogens is 242 g/mol. The second kappa shape index (κ2) is 5.93. The van der Waals surface area contributed by atoms with E-state index in [0.717, 1.165) is 31.9 Å². The van der Waals surface area contributed by atoms with Gasteiger partial charge in [0.25, 0.3) is 0 Å². The smallest absolute Gasteiger partial charge is 0.224 e. The highest BCUT2D eigenvalue weighted by molar-refractivity contribution is 5.77.